The summed E-state index contributed by atoms with van der Waals surface area (Å²) in [6.45, 7) is 11.2. The van der Waals surface area contributed by atoms with Crippen molar-refractivity contribution in [2.24, 2.45) is 0 Å². The monoisotopic (exact) mass is 302 g/mol. The minimum absolute atomic E-state index is 0.104. The predicted octanol–water partition coefficient (Wildman–Crippen LogP) is 5.27. The molecule has 0 bridgehead atoms. The third kappa shape index (κ3) is 2.03. The Morgan fingerprint density at radius 3 is 2.48 bits per heavy atom. The summed E-state index contributed by atoms with van der Waals surface area (Å²) < 4.78 is 2.53. The minimum Gasteiger partial charge on any atom is -0.186 e. The molecule has 1 aliphatic carbocycles. The predicted molar refractivity (Wildman–Crippen MR) is 97.7 cm³/mol. The lowest BCUT2D eigenvalue weighted by Crippen LogP contribution is -2.43. The molecule has 0 atom stereocenters. The van der Waals surface area contributed by atoms with Crippen LogP contribution in [0.4, 0.5) is 5.69 Å². The van der Waals surface area contributed by atoms with E-state index in [1.165, 1.54) is 52.1 Å². The number of rotatable bonds is 1. The fourth-order valence-electron chi connectivity index (χ4n) is 4.17. The number of nitrogens with zero attached hydrogens (tertiary/aromatic N) is 1. The van der Waals surface area contributed by atoms with Crippen molar-refractivity contribution in [3.63, 3.8) is 0 Å². The summed E-state index contributed by atoms with van der Waals surface area (Å²) in [5, 5.41) is 0. The van der Waals surface area contributed by atoms with Crippen molar-refractivity contribution in [1.82, 2.24) is 0 Å². The van der Waals surface area contributed by atoms with E-state index < -0.39 is 0 Å². The van der Waals surface area contributed by atoms with Crippen LogP contribution in [0.3, 0.4) is 0 Å². The summed E-state index contributed by atoms with van der Waals surface area (Å²) in [5.41, 5.74) is 9.46. The Balaban J connectivity index is 2.07. The van der Waals surface area contributed by atoms with Crippen LogP contribution in [0.1, 0.15) is 48.9 Å². The van der Waals surface area contributed by atoms with Gasteiger partial charge in [0.15, 0.2) is 11.3 Å². The number of hydrogen-bond donors (Lipinski definition) is 0. The Morgan fingerprint density at radius 1 is 1.00 bits per heavy atom. The van der Waals surface area contributed by atoms with Crippen LogP contribution in [0.5, 0.6) is 0 Å². The molecule has 2 aliphatic rings. The van der Waals surface area contributed by atoms with Gasteiger partial charge < -0.3 is 0 Å². The van der Waals surface area contributed by atoms with E-state index in [1.807, 2.05) is 0 Å². The second-order valence-corrected chi connectivity index (χ2v) is 7.35. The average molecular weight is 302 g/mol. The maximum Gasteiger partial charge on any atom is 0.206 e. The summed E-state index contributed by atoms with van der Waals surface area (Å²) in [4.78, 5) is 0. The first-order valence-electron chi connectivity index (χ1n) is 8.55. The molecule has 2 aromatic carbocycles. The number of aryl methyl sites for hydroxylation is 2. The quantitative estimate of drug-likeness (QED) is 0.631. The maximum absolute atomic E-state index is 4.48. The van der Waals surface area contributed by atoms with Gasteiger partial charge in [-0.3, -0.25) is 0 Å². The molecular formula is C22H24N+. The molecule has 1 heteroatoms. The first-order chi connectivity index (χ1) is 11.0. The smallest absolute Gasteiger partial charge is 0.186 e. The van der Waals surface area contributed by atoms with Gasteiger partial charge in [0.25, 0.3) is 0 Å². The fraction of sp³-hybridized carbons (Fsp3) is 0.318. The highest BCUT2D eigenvalue weighted by molar-refractivity contribution is 6.06. The van der Waals surface area contributed by atoms with Crippen molar-refractivity contribution in [1.29, 1.82) is 0 Å². The van der Waals surface area contributed by atoms with E-state index in [9.17, 15) is 0 Å². The topological polar surface area (TPSA) is 3.01 Å². The third-order valence-corrected chi connectivity index (χ3v) is 5.48. The van der Waals surface area contributed by atoms with Gasteiger partial charge in [-0.15, -0.1) is 0 Å². The molecule has 0 unspecified atom stereocenters. The summed E-state index contributed by atoms with van der Waals surface area (Å²) in [6.07, 6.45) is 3.56. The van der Waals surface area contributed by atoms with E-state index in [4.69, 9.17) is 0 Å². The molecule has 1 nitrogen and oxygen atoms in total. The lowest BCUT2D eigenvalue weighted by molar-refractivity contribution is -0.507. The van der Waals surface area contributed by atoms with E-state index in [0.717, 1.165) is 6.42 Å². The van der Waals surface area contributed by atoms with Crippen molar-refractivity contribution in [3.8, 4) is 0 Å². The van der Waals surface area contributed by atoms with Crippen LogP contribution in [0.25, 0.3) is 5.57 Å². The van der Waals surface area contributed by atoms with Crippen LogP contribution >= 0.6 is 0 Å². The zero-order chi connectivity index (χ0) is 16.2. The number of hydrogen-bond acceptors (Lipinski definition) is 0. The first-order valence-corrected chi connectivity index (χ1v) is 8.55. The lowest BCUT2D eigenvalue weighted by Gasteiger charge is -2.35. The number of benzene rings is 2. The standard InChI is InChI=1S/C22H24N/c1-15-11-13-18(14-12-15)23-20-10-6-8-17-7-5-9-19(21(17)20)16(2)22(23,3)4/h5,7,9,11-14H,2,6,8,10H2,1,3-4H3/q+1. The van der Waals surface area contributed by atoms with Crippen molar-refractivity contribution < 1.29 is 4.58 Å². The molecule has 0 aromatic heterocycles. The molecule has 23 heavy (non-hydrogen) atoms. The van der Waals surface area contributed by atoms with Gasteiger partial charge in [0, 0.05) is 38.0 Å². The van der Waals surface area contributed by atoms with Gasteiger partial charge in [0.1, 0.15) is 0 Å². The molecule has 0 amide bonds. The molecule has 1 heterocycles. The lowest BCUT2D eigenvalue weighted by atomic mass is 9.75. The summed E-state index contributed by atoms with van der Waals surface area (Å²) in [7, 11) is 0. The van der Waals surface area contributed by atoms with E-state index in [1.54, 1.807) is 0 Å². The Morgan fingerprint density at radius 2 is 1.74 bits per heavy atom. The highest BCUT2D eigenvalue weighted by atomic mass is 15.1. The van der Waals surface area contributed by atoms with Crippen LogP contribution in [-0.4, -0.2) is 15.8 Å². The third-order valence-electron chi connectivity index (χ3n) is 5.48. The molecule has 0 spiro atoms. The van der Waals surface area contributed by atoms with Crippen LogP contribution in [0.2, 0.25) is 0 Å². The molecule has 0 N–H and O–H groups in total. The summed E-state index contributed by atoms with van der Waals surface area (Å²) >= 11 is 0. The Kier molecular flexibility index (Phi) is 3.09. The minimum atomic E-state index is -0.104. The van der Waals surface area contributed by atoms with Crippen LogP contribution < -0.4 is 0 Å². The Labute approximate surface area is 139 Å². The summed E-state index contributed by atoms with van der Waals surface area (Å²) in [6, 6.07) is 15.6. The van der Waals surface area contributed by atoms with Gasteiger partial charge >= 0.3 is 0 Å². The highest BCUT2D eigenvalue weighted by Gasteiger charge is 2.45. The largest absolute Gasteiger partial charge is 0.206 e. The van der Waals surface area contributed by atoms with E-state index >= 15 is 0 Å². The Bertz CT molecular complexity index is 835. The molecular weight excluding hydrogens is 278 g/mol. The zero-order valence-corrected chi connectivity index (χ0v) is 14.3. The molecule has 0 saturated carbocycles. The zero-order valence-electron chi connectivity index (χ0n) is 14.3. The van der Waals surface area contributed by atoms with E-state index in [2.05, 4.69) is 74.4 Å². The SMILES string of the molecule is C=C1c2cccc3c2C(=[N+](c2ccc(C)cc2)C1(C)C)CCC3. The van der Waals surface area contributed by atoms with E-state index in [0.29, 0.717) is 0 Å². The van der Waals surface area contributed by atoms with Gasteiger partial charge in [-0.2, -0.15) is 4.58 Å². The Hall–Kier alpha value is -2.15. The average Bonchev–Trinajstić information content (AvgIpc) is 2.54. The van der Waals surface area contributed by atoms with Crippen molar-refractivity contribution in [2.75, 3.05) is 0 Å². The van der Waals surface area contributed by atoms with Gasteiger partial charge in [-0.25, -0.2) is 0 Å². The van der Waals surface area contributed by atoms with Gasteiger partial charge in [-0.1, -0.05) is 42.5 Å². The fourth-order valence-corrected chi connectivity index (χ4v) is 4.17. The molecule has 1 aliphatic heterocycles. The van der Waals surface area contributed by atoms with Crippen LogP contribution in [-0.2, 0) is 6.42 Å². The molecule has 0 fully saturated rings. The molecule has 4 rings (SSSR count). The van der Waals surface area contributed by atoms with Gasteiger partial charge in [-0.05, 0) is 30.9 Å². The highest BCUT2D eigenvalue weighted by Crippen LogP contribution is 2.42. The van der Waals surface area contributed by atoms with Crippen molar-refractivity contribution in [2.45, 2.75) is 45.6 Å². The maximum atomic E-state index is 4.48. The van der Waals surface area contributed by atoms with E-state index in [-0.39, 0.29) is 5.54 Å². The second-order valence-electron chi connectivity index (χ2n) is 7.35. The van der Waals surface area contributed by atoms with Crippen molar-refractivity contribution in [3.05, 3.63) is 71.3 Å². The first kappa shape index (κ1) is 14.4. The molecule has 0 radical (unpaired) electrons. The van der Waals surface area contributed by atoms with Gasteiger partial charge in [0.05, 0.1) is 5.56 Å². The second kappa shape index (κ2) is 4.92. The van der Waals surface area contributed by atoms with Gasteiger partial charge in [0.2, 0.25) is 5.69 Å². The molecule has 0 saturated heterocycles. The molecule has 2 aromatic rings. The summed E-state index contributed by atoms with van der Waals surface area (Å²) in [5.74, 6) is 0. The van der Waals surface area contributed by atoms with Crippen LogP contribution in [0.15, 0.2) is 49.0 Å². The molecule has 116 valence electrons. The van der Waals surface area contributed by atoms with Crippen molar-refractivity contribution >= 4 is 17.0 Å². The van der Waals surface area contributed by atoms with Crippen LogP contribution in [0, 0.1) is 6.92 Å². The normalized spacial score (nSPS) is 18.8.